The van der Waals surface area contributed by atoms with E-state index >= 15 is 0 Å². The minimum atomic E-state index is -1.22. The zero-order chi connectivity index (χ0) is 23.0. The first kappa shape index (κ1) is 22.4. The molecule has 2 amide bonds. The van der Waals surface area contributed by atoms with Crippen molar-refractivity contribution in [2.75, 3.05) is 17.2 Å². The monoisotopic (exact) mass is 514 g/mol. The third kappa shape index (κ3) is 4.15. The van der Waals surface area contributed by atoms with Crippen molar-refractivity contribution in [2.24, 2.45) is 5.16 Å². The van der Waals surface area contributed by atoms with E-state index < -0.39 is 34.9 Å². The number of nitrogen functional groups attached to an aromatic ring is 1. The highest BCUT2D eigenvalue weighted by Crippen LogP contribution is 2.41. The number of aromatic nitrogens is 4. The third-order valence-corrected chi connectivity index (χ3v) is 8.32. The summed E-state index contributed by atoms with van der Waals surface area (Å²) in [4.78, 5) is 42.1. The van der Waals surface area contributed by atoms with E-state index in [-0.39, 0.29) is 16.7 Å². The summed E-state index contributed by atoms with van der Waals surface area (Å²) in [5, 5.41) is 32.5. The standard InChI is InChI=1S/C15H14N8O5S4/c1-4-19-20-15(31-4)30-3-5-2-29-12-7(11(25)23(12)8(5)13(26)27)17-10(24)6(21-28)9-18-14(16)32-22-9/h7,12,28H,2-3H2,1H3,(H,17,24)(H,26,27)(H2,16,18,22)/b21-6+/t7?,12-/m1/s1. The van der Waals surface area contributed by atoms with Crippen molar-refractivity contribution < 1.29 is 24.7 Å². The zero-order valence-electron chi connectivity index (χ0n) is 16.1. The molecule has 0 saturated carbocycles. The van der Waals surface area contributed by atoms with Gasteiger partial charge in [0, 0.05) is 23.0 Å². The fourth-order valence-corrected chi connectivity index (χ4v) is 6.75. The van der Waals surface area contributed by atoms with E-state index in [1.54, 1.807) is 0 Å². The number of carboxylic acid groups (broad SMARTS) is 1. The first-order valence-electron chi connectivity index (χ1n) is 8.75. The lowest BCUT2D eigenvalue weighted by Crippen LogP contribution is -2.71. The van der Waals surface area contributed by atoms with Gasteiger partial charge in [0.25, 0.3) is 11.8 Å². The molecule has 0 aliphatic carbocycles. The Morgan fingerprint density at radius 1 is 1.41 bits per heavy atom. The van der Waals surface area contributed by atoms with Crippen LogP contribution in [0.15, 0.2) is 20.8 Å². The van der Waals surface area contributed by atoms with Crippen molar-refractivity contribution >= 4 is 75.0 Å². The number of hydrogen-bond donors (Lipinski definition) is 4. The molecule has 2 aromatic heterocycles. The second kappa shape index (κ2) is 9.00. The first-order chi connectivity index (χ1) is 15.3. The molecule has 4 heterocycles. The van der Waals surface area contributed by atoms with Gasteiger partial charge in [-0.05, 0) is 12.5 Å². The number of carbonyl (C=O) groups excluding carboxylic acids is 2. The van der Waals surface area contributed by atoms with Crippen LogP contribution in [0.2, 0.25) is 0 Å². The van der Waals surface area contributed by atoms with Gasteiger partial charge in [-0.1, -0.05) is 28.3 Å². The van der Waals surface area contributed by atoms with Gasteiger partial charge in [-0.3, -0.25) is 14.5 Å². The molecule has 0 bridgehead atoms. The molecule has 32 heavy (non-hydrogen) atoms. The van der Waals surface area contributed by atoms with Gasteiger partial charge in [0.2, 0.25) is 11.5 Å². The second-order valence-electron chi connectivity index (χ2n) is 6.40. The van der Waals surface area contributed by atoms with Gasteiger partial charge in [-0.15, -0.1) is 22.0 Å². The fraction of sp³-hybridized carbons (Fsp3) is 0.333. The molecule has 13 nitrogen and oxygen atoms in total. The Kier molecular flexibility index (Phi) is 6.31. The average Bonchev–Trinajstić information content (AvgIpc) is 3.38. The Hall–Kier alpha value is -2.76. The normalized spacial score (nSPS) is 20.7. The quantitative estimate of drug-likeness (QED) is 0.127. The van der Waals surface area contributed by atoms with Crippen LogP contribution in [0.5, 0.6) is 0 Å². The maximum atomic E-state index is 12.7. The number of carbonyl (C=O) groups is 3. The molecule has 4 rings (SSSR count). The average molecular weight is 515 g/mol. The lowest BCUT2D eigenvalue weighted by Gasteiger charge is -2.49. The van der Waals surface area contributed by atoms with E-state index in [1.807, 2.05) is 6.92 Å². The van der Waals surface area contributed by atoms with Crippen molar-refractivity contribution in [1.82, 2.24) is 29.8 Å². The van der Waals surface area contributed by atoms with E-state index in [2.05, 4.69) is 30.0 Å². The lowest BCUT2D eigenvalue weighted by molar-refractivity contribution is -0.150. The summed E-state index contributed by atoms with van der Waals surface area (Å²) in [6.45, 7) is 1.82. The summed E-state index contributed by atoms with van der Waals surface area (Å²) in [6.07, 6.45) is 0. The molecule has 1 fully saturated rings. The second-order valence-corrected chi connectivity index (χ2v) is 10.7. The van der Waals surface area contributed by atoms with Crippen LogP contribution in [0.4, 0.5) is 5.13 Å². The SMILES string of the molecule is Cc1nnc(SCC2=C(C(=O)O)N3C(=O)C(NC(=O)/C(=N/O)c4nsc(N)n4)[C@H]3SC2)s1. The number of fused-ring (bicyclic) bond motifs is 1. The molecule has 168 valence electrons. The van der Waals surface area contributed by atoms with E-state index in [1.165, 1.54) is 34.9 Å². The Balaban J connectivity index is 1.48. The number of hydrogen-bond acceptors (Lipinski definition) is 14. The van der Waals surface area contributed by atoms with Crippen LogP contribution in [-0.4, -0.2) is 81.2 Å². The number of rotatable bonds is 7. The lowest BCUT2D eigenvalue weighted by atomic mass is 10.0. The molecular formula is C15H14N8O5S4. The van der Waals surface area contributed by atoms with Gasteiger partial charge in [0.05, 0.1) is 0 Å². The van der Waals surface area contributed by atoms with Gasteiger partial charge in [-0.25, -0.2) is 4.79 Å². The third-order valence-electron chi connectivity index (χ3n) is 4.38. The Bertz CT molecular complexity index is 1160. The number of aliphatic carboxylic acids is 1. The van der Waals surface area contributed by atoms with Gasteiger partial charge < -0.3 is 21.4 Å². The van der Waals surface area contributed by atoms with E-state index in [9.17, 15) is 24.7 Å². The summed E-state index contributed by atoms with van der Waals surface area (Å²) < 4.78 is 4.52. The summed E-state index contributed by atoms with van der Waals surface area (Å²) in [6, 6.07) is -0.991. The molecule has 2 aromatic rings. The van der Waals surface area contributed by atoms with E-state index in [4.69, 9.17) is 5.73 Å². The molecule has 0 aromatic carbocycles. The molecular weight excluding hydrogens is 500 g/mol. The Labute approximate surface area is 196 Å². The first-order valence-corrected chi connectivity index (χ1v) is 12.4. The molecule has 1 unspecified atom stereocenters. The van der Waals surface area contributed by atoms with Crippen LogP contribution in [0, 0.1) is 6.92 Å². The molecule has 2 aliphatic rings. The fourth-order valence-electron chi connectivity index (χ4n) is 3.01. The summed E-state index contributed by atoms with van der Waals surface area (Å²) in [5.74, 6) is -2.15. The number of oxime groups is 1. The van der Waals surface area contributed by atoms with Crippen molar-refractivity contribution in [3.63, 3.8) is 0 Å². The van der Waals surface area contributed by atoms with Crippen LogP contribution in [-0.2, 0) is 14.4 Å². The smallest absolute Gasteiger partial charge is 0.352 e. The van der Waals surface area contributed by atoms with Crippen LogP contribution in [0.25, 0.3) is 0 Å². The molecule has 17 heteroatoms. The van der Waals surface area contributed by atoms with Gasteiger partial charge in [-0.2, -0.15) is 9.36 Å². The number of nitrogens with two attached hydrogens (primary N) is 1. The maximum Gasteiger partial charge on any atom is 0.352 e. The predicted molar refractivity (Wildman–Crippen MR) is 118 cm³/mol. The summed E-state index contributed by atoms with van der Waals surface area (Å²) in [7, 11) is 0. The van der Waals surface area contributed by atoms with Crippen LogP contribution >= 0.6 is 46.4 Å². The van der Waals surface area contributed by atoms with E-state index in [0.717, 1.165) is 21.4 Å². The highest BCUT2D eigenvalue weighted by molar-refractivity contribution is 8.01. The highest BCUT2D eigenvalue weighted by Gasteiger charge is 2.54. The van der Waals surface area contributed by atoms with Crippen molar-refractivity contribution in [1.29, 1.82) is 0 Å². The maximum absolute atomic E-state index is 12.7. The zero-order valence-corrected chi connectivity index (χ0v) is 19.3. The Morgan fingerprint density at radius 3 is 2.78 bits per heavy atom. The van der Waals surface area contributed by atoms with Gasteiger partial charge in [0.1, 0.15) is 22.1 Å². The van der Waals surface area contributed by atoms with Crippen molar-refractivity contribution in [3.05, 3.63) is 22.1 Å². The predicted octanol–water partition coefficient (Wildman–Crippen LogP) is -0.0106. The van der Waals surface area contributed by atoms with E-state index in [0.29, 0.717) is 21.4 Å². The van der Waals surface area contributed by atoms with Crippen LogP contribution in [0.1, 0.15) is 10.8 Å². The number of amides is 2. The molecule has 5 N–H and O–H groups in total. The number of aryl methyl sites for hydroxylation is 1. The number of nitrogens with zero attached hydrogens (tertiary/aromatic N) is 6. The van der Waals surface area contributed by atoms with Gasteiger partial charge >= 0.3 is 5.97 Å². The molecule has 0 radical (unpaired) electrons. The van der Waals surface area contributed by atoms with Gasteiger partial charge in [0.15, 0.2) is 9.47 Å². The number of anilines is 1. The van der Waals surface area contributed by atoms with Crippen molar-refractivity contribution in [3.8, 4) is 0 Å². The summed E-state index contributed by atoms with van der Waals surface area (Å²) in [5.41, 5.74) is 5.47. The molecule has 1 saturated heterocycles. The molecule has 0 spiro atoms. The minimum Gasteiger partial charge on any atom is -0.477 e. The number of carboxylic acids is 1. The Morgan fingerprint density at radius 2 is 2.19 bits per heavy atom. The highest BCUT2D eigenvalue weighted by atomic mass is 32.2. The molecule has 2 atom stereocenters. The van der Waals surface area contributed by atoms with Crippen molar-refractivity contribution in [2.45, 2.75) is 22.7 Å². The van der Waals surface area contributed by atoms with Crippen LogP contribution in [0.3, 0.4) is 0 Å². The number of thioether (sulfide) groups is 2. The topological polar surface area (TPSA) is 197 Å². The number of β-lactam (4-membered cyclic amide) rings is 1. The minimum absolute atomic E-state index is 0.0769. The largest absolute Gasteiger partial charge is 0.477 e. The number of nitrogens with one attached hydrogen (secondary N) is 1. The summed E-state index contributed by atoms with van der Waals surface area (Å²) >= 11 is 4.89. The van der Waals surface area contributed by atoms with Crippen LogP contribution < -0.4 is 11.1 Å². The molecule has 2 aliphatic heterocycles.